The Morgan fingerprint density at radius 1 is 1.25 bits per heavy atom. The molecule has 1 fully saturated rings. The van der Waals surface area contributed by atoms with E-state index in [4.69, 9.17) is 0 Å². The van der Waals surface area contributed by atoms with E-state index in [9.17, 15) is 13.6 Å². The maximum atomic E-state index is 13.1. The first-order valence-electron chi connectivity index (χ1n) is 6.65. The molecule has 1 aromatic rings. The van der Waals surface area contributed by atoms with E-state index in [2.05, 4.69) is 5.32 Å². The fourth-order valence-electron chi connectivity index (χ4n) is 2.32. The minimum Gasteiger partial charge on any atom is -0.382 e. The van der Waals surface area contributed by atoms with Crippen LogP contribution in [0.3, 0.4) is 0 Å². The van der Waals surface area contributed by atoms with Gasteiger partial charge in [0.15, 0.2) is 11.6 Å². The molecule has 0 unspecified atom stereocenters. The molecule has 20 heavy (non-hydrogen) atoms. The highest BCUT2D eigenvalue weighted by atomic mass is 19.2. The van der Waals surface area contributed by atoms with Gasteiger partial charge in [0.05, 0.1) is 0 Å². The zero-order chi connectivity index (χ0) is 14.7. The summed E-state index contributed by atoms with van der Waals surface area (Å²) in [7, 11) is 3.46. The largest absolute Gasteiger partial charge is 0.382 e. The molecule has 1 aliphatic rings. The van der Waals surface area contributed by atoms with Crippen LogP contribution in [0, 0.1) is 11.6 Å². The van der Waals surface area contributed by atoms with E-state index >= 15 is 0 Å². The van der Waals surface area contributed by atoms with Crippen LogP contribution in [-0.2, 0) is 0 Å². The quantitative estimate of drug-likeness (QED) is 0.905. The van der Waals surface area contributed by atoms with E-state index < -0.39 is 11.6 Å². The predicted molar refractivity (Wildman–Crippen MR) is 73.7 cm³/mol. The van der Waals surface area contributed by atoms with Crippen molar-refractivity contribution in [2.45, 2.75) is 18.9 Å². The van der Waals surface area contributed by atoms with Crippen molar-refractivity contribution in [2.24, 2.45) is 0 Å². The van der Waals surface area contributed by atoms with Crippen molar-refractivity contribution < 1.29 is 13.6 Å². The van der Waals surface area contributed by atoms with E-state index in [1.165, 1.54) is 6.07 Å². The second-order valence-electron chi connectivity index (χ2n) is 5.21. The fourth-order valence-corrected chi connectivity index (χ4v) is 2.32. The molecule has 0 aliphatic carbocycles. The molecule has 1 heterocycles. The Balaban J connectivity index is 1.88. The number of nitrogens with one attached hydrogen (secondary N) is 1. The summed E-state index contributed by atoms with van der Waals surface area (Å²) in [6.07, 6.45) is 1.58. The number of nitrogens with zero attached hydrogens (tertiary/aromatic N) is 2. The summed E-state index contributed by atoms with van der Waals surface area (Å²) < 4.78 is 26.0. The van der Waals surface area contributed by atoms with Crippen molar-refractivity contribution in [3.8, 4) is 0 Å². The van der Waals surface area contributed by atoms with Gasteiger partial charge in [0.1, 0.15) is 0 Å². The van der Waals surface area contributed by atoms with Gasteiger partial charge in [-0.25, -0.2) is 13.6 Å². The van der Waals surface area contributed by atoms with Gasteiger partial charge in [-0.05, 0) is 25.0 Å². The number of halogens is 2. The number of likely N-dealkylation sites (tertiary alicyclic amines) is 1. The van der Waals surface area contributed by atoms with Crippen LogP contribution in [0.4, 0.5) is 19.3 Å². The van der Waals surface area contributed by atoms with E-state index in [1.807, 2.05) is 0 Å². The molecule has 6 heteroatoms. The monoisotopic (exact) mass is 283 g/mol. The standard InChI is InChI=1S/C14H19F2N3O/c1-18(2)14(20)19-7-5-10(6-8-19)17-11-3-4-12(15)13(16)9-11/h3-4,9-10,17H,5-8H2,1-2H3. The molecule has 1 aliphatic heterocycles. The van der Waals surface area contributed by atoms with E-state index in [0.29, 0.717) is 18.8 Å². The average molecular weight is 283 g/mol. The van der Waals surface area contributed by atoms with Crippen molar-refractivity contribution in [1.29, 1.82) is 0 Å². The van der Waals surface area contributed by atoms with E-state index in [0.717, 1.165) is 25.0 Å². The predicted octanol–water partition coefficient (Wildman–Crippen LogP) is 2.52. The molecular weight excluding hydrogens is 264 g/mol. The third-order valence-electron chi connectivity index (χ3n) is 3.44. The smallest absolute Gasteiger partial charge is 0.319 e. The van der Waals surface area contributed by atoms with E-state index in [1.54, 1.807) is 23.9 Å². The number of rotatable bonds is 2. The van der Waals surface area contributed by atoms with Crippen molar-refractivity contribution in [2.75, 3.05) is 32.5 Å². The van der Waals surface area contributed by atoms with Gasteiger partial charge in [-0.2, -0.15) is 0 Å². The van der Waals surface area contributed by atoms with Gasteiger partial charge in [-0.1, -0.05) is 0 Å². The molecule has 0 spiro atoms. The second-order valence-corrected chi connectivity index (χ2v) is 5.21. The molecule has 0 bridgehead atoms. The van der Waals surface area contributed by atoms with Gasteiger partial charge >= 0.3 is 6.03 Å². The molecule has 0 aromatic heterocycles. The Hall–Kier alpha value is -1.85. The van der Waals surface area contributed by atoms with Crippen molar-refractivity contribution in [1.82, 2.24) is 9.80 Å². The van der Waals surface area contributed by atoms with Crippen molar-refractivity contribution in [3.05, 3.63) is 29.8 Å². The summed E-state index contributed by atoms with van der Waals surface area (Å²) in [6.45, 7) is 1.33. The van der Waals surface area contributed by atoms with Crippen LogP contribution < -0.4 is 5.32 Å². The SMILES string of the molecule is CN(C)C(=O)N1CCC(Nc2ccc(F)c(F)c2)CC1. The van der Waals surface area contributed by atoms with Crippen LogP contribution >= 0.6 is 0 Å². The normalized spacial score (nSPS) is 16.1. The highest BCUT2D eigenvalue weighted by molar-refractivity contribution is 5.73. The number of urea groups is 1. The zero-order valence-corrected chi connectivity index (χ0v) is 11.7. The first-order chi connectivity index (χ1) is 9.47. The van der Waals surface area contributed by atoms with Crippen LogP contribution in [0.15, 0.2) is 18.2 Å². The zero-order valence-electron chi connectivity index (χ0n) is 11.7. The van der Waals surface area contributed by atoms with Crippen LogP contribution in [0.25, 0.3) is 0 Å². The molecule has 1 aromatic carbocycles. The van der Waals surface area contributed by atoms with Gasteiger partial charge < -0.3 is 15.1 Å². The molecule has 0 saturated carbocycles. The summed E-state index contributed by atoms with van der Waals surface area (Å²) in [6, 6.07) is 3.98. The second kappa shape index (κ2) is 6.07. The molecule has 2 rings (SSSR count). The molecule has 0 atom stereocenters. The van der Waals surface area contributed by atoms with E-state index in [-0.39, 0.29) is 12.1 Å². The highest BCUT2D eigenvalue weighted by Gasteiger charge is 2.23. The summed E-state index contributed by atoms with van der Waals surface area (Å²) in [5, 5.41) is 3.18. The highest BCUT2D eigenvalue weighted by Crippen LogP contribution is 2.19. The van der Waals surface area contributed by atoms with Crippen molar-refractivity contribution >= 4 is 11.7 Å². The van der Waals surface area contributed by atoms with Gasteiger partial charge in [0.25, 0.3) is 0 Å². The summed E-state index contributed by atoms with van der Waals surface area (Å²) in [5.74, 6) is -1.70. The topological polar surface area (TPSA) is 35.6 Å². The Bertz CT molecular complexity index is 485. The lowest BCUT2D eigenvalue weighted by molar-refractivity contribution is 0.158. The Kier molecular flexibility index (Phi) is 4.42. The third-order valence-corrected chi connectivity index (χ3v) is 3.44. The number of piperidine rings is 1. The molecule has 0 radical (unpaired) electrons. The maximum absolute atomic E-state index is 13.1. The summed E-state index contributed by atoms with van der Waals surface area (Å²) in [4.78, 5) is 15.1. The van der Waals surface area contributed by atoms with Crippen LogP contribution in [0.2, 0.25) is 0 Å². The lowest BCUT2D eigenvalue weighted by Crippen LogP contribution is -2.46. The Morgan fingerprint density at radius 2 is 1.90 bits per heavy atom. The lowest BCUT2D eigenvalue weighted by Gasteiger charge is -2.34. The lowest BCUT2D eigenvalue weighted by atomic mass is 10.0. The number of hydrogen-bond donors (Lipinski definition) is 1. The van der Waals surface area contributed by atoms with Crippen molar-refractivity contribution in [3.63, 3.8) is 0 Å². The molecular formula is C14H19F2N3O. The minimum atomic E-state index is -0.852. The van der Waals surface area contributed by atoms with Crippen LogP contribution in [0.5, 0.6) is 0 Å². The number of carbonyl (C=O) groups excluding carboxylic acids is 1. The minimum absolute atomic E-state index is 0.0104. The van der Waals surface area contributed by atoms with Gasteiger partial charge in [0, 0.05) is 45.0 Å². The van der Waals surface area contributed by atoms with Gasteiger partial charge in [-0.15, -0.1) is 0 Å². The maximum Gasteiger partial charge on any atom is 0.319 e. The number of benzene rings is 1. The van der Waals surface area contributed by atoms with Crippen LogP contribution in [0.1, 0.15) is 12.8 Å². The number of anilines is 1. The average Bonchev–Trinajstić information content (AvgIpc) is 2.43. The first kappa shape index (κ1) is 14.6. The Labute approximate surface area is 117 Å². The summed E-state index contributed by atoms with van der Waals surface area (Å²) >= 11 is 0. The number of hydrogen-bond acceptors (Lipinski definition) is 2. The van der Waals surface area contributed by atoms with Gasteiger partial charge in [-0.3, -0.25) is 0 Å². The molecule has 4 nitrogen and oxygen atoms in total. The van der Waals surface area contributed by atoms with Crippen LogP contribution in [-0.4, -0.2) is 49.1 Å². The number of carbonyl (C=O) groups is 1. The Morgan fingerprint density at radius 3 is 2.45 bits per heavy atom. The molecule has 1 saturated heterocycles. The molecule has 2 amide bonds. The third kappa shape index (κ3) is 3.37. The summed E-state index contributed by atoms with van der Waals surface area (Å²) in [5.41, 5.74) is 0.571. The molecule has 1 N–H and O–H groups in total. The molecule has 110 valence electrons. The van der Waals surface area contributed by atoms with Gasteiger partial charge in [0.2, 0.25) is 0 Å². The fraction of sp³-hybridized carbons (Fsp3) is 0.500. The number of amides is 2. The first-order valence-corrected chi connectivity index (χ1v) is 6.65.